The fourth-order valence-electron chi connectivity index (χ4n) is 3.19. The van der Waals surface area contributed by atoms with Gasteiger partial charge in [0.15, 0.2) is 0 Å². The summed E-state index contributed by atoms with van der Waals surface area (Å²) in [5, 5.41) is 4.48. The van der Waals surface area contributed by atoms with E-state index in [0.717, 1.165) is 17.7 Å². The van der Waals surface area contributed by atoms with Crippen LogP contribution in [0.5, 0.6) is 0 Å². The Morgan fingerprint density at radius 2 is 1.45 bits per heavy atom. The molecule has 0 saturated carbocycles. The molecular weight excluding hydrogens is 420 g/mol. The molecule has 0 aliphatic rings. The van der Waals surface area contributed by atoms with Gasteiger partial charge in [-0.05, 0) is 17.7 Å². The number of hydrogen-bond donors (Lipinski definition) is 1. The molecule has 4 aromatic rings. The summed E-state index contributed by atoms with van der Waals surface area (Å²) >= 11 is 0. The molecule has 0 fully saturated rings. The first-order chi connectivity index (χ1) is 14.9. The minimum absolute atomic E-state index is 0.0635. The molecule has 3 aromatic carbocycles. The maximum atomic E-state index is 13.9. The summed E-state index contributed by atoms with van der Waals surface area (Å²) in [6.07, 6.45) is 1.43. The highest BCUT2D eigenvalue weighted by Crippen LogP contribution is 2.26. The zero-order valence-corrected chi connectivity index (χ0v) is 17.2. The topological polar surface area (TPSA) is 64.0 Å². The van der Waals surface area contributed by atoms with Gasteiger partial charge in [-0.2, -0.15) is 5.10 Å². The van der Waals surface area contributed by atoms with Gasteiger partial charge in [-0.25, -0.2) is 21.9 Å². The van der Waals surface area contributed by atoms with E-state index in [1.54, 1.807) is 24.3 Å². The predicted molar refractivity (Wildman–Crippen MR) is 114 cm³/mol. The summed E-state index contributed by atoms with van der Waals surface area (Å²) in [6.45, 7) is -0.142. The van der Waals surface area contributed by atoms with Crippen molar-refractivity contribution in [1.82, 2.24) is 14.5 Å². The van der Waals surface area contributed by atoms with Crippen LogP contribution in [0, 0.1) is 11.6 Å². The number of hydrogen-bond acceptors (Lipinski definition) is 3. The van der Waals surface area contributed by atoms with Gasteiger partial charge in [-0.3, -0.25) is 4.68 Å². The first-order valence-corrected chi connectivity index (χ1v) is 11.0. The third-order valence-corrected chi connectivity index (χ3v) is 6.16. The van der Waals surface area contributed by atoms with Gasteiger partial charge in [0.25, 0.3) is 0 Å². The van der Waals surface area contributed by atoms with Crippen LogP contribution in [0.3, 0.4) is 0 Å². The van der Waals surface area contributed by atoms with Crippen molar-refractivity contribution in [3.8, 4) is 11.3 Å². The molecule has 8 heteroatoms. The van der Waals surface area contributed by atoms with Crippen LogP contribution >= 0.6 is 0 Å². The molecule has 0 bridgehead atoms. The van der Waals surface area contributed by atoms with Gasteiger partial charge in [0.2, 0.25) is 10.0 Å². The van der Waals surface area contributed by atoms with Crippen LogP contribution in [0.15, 0.2) is 90.0 Å². The zero-order chi connectivity index (χ0) is 21.8. The summed E-state index contributed by atoms with van der Waals surface area (Å²) in [6, 6.07) is 21.8. The number of rotatable bonds is 7. The zero-order valence-electron chi connectivity index (χ0n) is 16.4. The highest BCUT2D eigenvalue weighted by atomic mass is 32.2. The molecule has 0 saturated heterocycles. The molecule has 1 N–H and O–H groups in total. The first kappa shape index (κ1) is 20.9. The van der Waals surface area contributed by atoms with Gasteiger partial charge in [-0.1, -0.05) is 66.7 Å². The van der Waals surface area contributed by atoms with E-state index in [9.17, 15) is 17.2 Å². The van der Waals surface area contributed by atoms with Gasteiger partial charge in [0.1, 0.15) is 22.2 Å². The molecule has 0 amide bonds. The SMILES string of the molecule is O=S(=O)(NCc1c(F)cccc1F)c1cn(Cc2ccccc2)nc1-c1ccccc1. The molecule has 0 radical (unpaired) electrons. The van der Waals surface area contributed by atoms with E-state index >= 15 is 0 Å². The lowest BCUT2D eigenvalue weighted by Gasteiger charge is -2.08. The number of nitrogens with zero attached hydrogens (tertiary/aromatic N) is 2. The maximum absolute atomic E-state index is 13.9. The van der Waals surface area contributed by atoms with Crippen molar-refractivity contribution in [3.63, 3.8) is 0 Å². The van der Waals surface area contributed by atoms with Crippen LogP contribution in [-0.4, -0.2) is 18.2 Å². The molecule has 0 spiro atoms. The van der Waals surface area contributed by atoms with E-state index in [-0.39, 0.29) is 16.2 Å². The summed E-state index contributed by atoms with van der Waals surface area (Å²) in [5.41, 5.74) is 1.49. The lowest BCUT2D eigenvalue weighted by Crippen LogP contribution is -2.24. The number of halogens is 2. The van der Waals surface area contributed by atoms with Gasteiger partial charge >= 0.3 is 0 Å². The Kier molecular flexibility index (Phi) is 5.92. The lowest BCUT2D eigenvalue weighted by molar-refractivity contribution is 0.544. The van der Waals surface area contributed by atoms with Crippen molar-refractivity contribution in [3.05, 3.63) is 108 Å². The van der Waals surface area contributed by atoms with E-state index in [2.05, 4.69) is 9.82 Å². The second kappa shape index (κ2) is 8.79. The average molecular weight is 439 g/mol. The highest BCUT2D eigenvalue weighted by molar-refractivity contribution is 7.89. The number of nitrogens with one attached hydrogen (secondary N) is 1. The van der Waals surface area contributed by atoms with E-state index in [0.29, 0.717) is 12.1 Å². The van der Waals surface area contributed by atoms with E-state index < -0.39 is 28.2 Å². The number of benzene rings is 3. The Bertz CT molecular complexity index is 1270. The van der Waals surface area contributed by atoms with Crippen LogP contribution in [0.4, 0.5) is 8.78 Å². The van der Waals surface area contributed by atoms with Crippen LogP contribution in [0.25, 0.3) is 11.3 Å². The second-order valence-corrected chi connectivity index (χ2v) is 8.65. The van der Waals surface area contributed by atoms with Crippen LogP contribution in [0.2, 0.25) is 0 Å². The fraction of sp³-hybridized carbons (Fsp3) is 0.0870. The van der Waals surface area contributed by atoms with Gasteiger partial charge in [-0.15, -0.1) is 0 Å². The second-order valence-electron chi connectivity index (χ2n) is 6.92. The normalized spacial score (nSPS) is 11.5. The standard InChI is InChI=1S/C23H19F2N3O2S/c24-20-12-7-13-21(25)19(20)14-26-31(29,30)22-16-28(15-17-8-3-1-4-9-17)27-23(22)18-10-5-2-6-11-18/h1-13,16,26H,14-15H2. The lowest BCUT2D eigenvalue weighted by atomic mass is 10.2. The van der Waals surface area contributed by atoms with Gasteiger partial charge < -0.3 is 0 Å². The number of sulfonamides is 1. The van der Waals surface area contributed by atoms with E-state index in [4.69, 9.17) is 0 Å². The third kappa shape index (κ3) is 4.70. The van der Waals surface area contributed by atoms with Crippen molar-refractivity contribution < 1.29 is 17.2 Å². The van der Waals surface area contributed by atoms with Crippen LogP contribution in [-0.2, 0) is 23.1 Å². The van der Waals surface area contributed by atoms with E-state index in [1.807, 2.05) is 36.4 Å². The Hall–Kier alpha value is -3.36. The fourth-order valence-corrected chi connectivity index (χ4v) is 4.36. The van der Waals surface area contributed by atoms with Crippen LogP contribution < -0.4 is 4.72 Å². The molecule has 4 rings (SSSR count). The molecule has 158 valence electrons. The Morgan fingerprint density at radius 3 is 2.10 bits per heavy atom. The molecule has 31 heavy (non-hydrogen) atoms. The first-order valence-electron chi connectivity index (χ1n) is 9.53. The molecule has 0 unspecified atom stereocenters. The van der Waals surface area contributed by atoms with Crippen molar-refractivity contribution in [1.29, 1.82) is 0 Å². The molecule has 5 nitrogen and oxygen atoms in total. The summed E-state index contributed by atoms with van der Waals surface area (Å²) in [4.78, 5) is -0.0635. The molecule has 1 heterocycles. The third-order valence-electron chi connectivity index (χ3n) is 4.75. The van der Waals surface area contributed by atoms with Crippen molar-refractivity contribution >= 4 is 10.0 Å². The quantitative estimate of drug-likeness (QED) is 0.466. The monoisotopic (exact) mass is 439 g/mol. The minimum Gasteiger partial charge on any atom is -0.266 e. The van der Waals surface area contributed by atoms with E-state index in [1.165, 1.54) is 16.9 Å². The van der Waals surface area contributed by atoms with Gasteiger partial charge in [0, 0.05) is 23.9 Å². The van der Waals surface area contributed by atoms with Crippen molar-refractivity contribution in [2.45, 2.75) is 18.0 Å². The summed E-state index contributed by atoms with van der Waals surface area (Å²) in [7, 11) is -4.11. The van der Waals surface area contributed by atoms with Crippen molar-refractivity contribution in [2.75, 3.05) is 0 Å². The molecule has 0 aliphatic carbocycles. The molecule has 0 aliphatic heterocycles. The molecule has 1 aromatic heterocycles. The Labute approximate surface area is 179 Å². The highest BCUT2D eigenvalue weighted by Gasteiger charge is 2.24. The molecular formula is C23H19F2N3O2S. The smallest absolute Gasteiger partial charge is 0.244 e. The predicted octanol–water partition coefficient (Wildman–Crippen LogP) is 4.36. The largest absolute Gasteiger partial charge is 0.266 e. The number of aromatic nitrogens is 2. The maximum Gasteiger partial charge on any atom is 0.244 e. The average Bonchev–Trinajstić information content (AvgIpc) is 3.19. The molecule has 0 atom stereocenters. The Morgan fingerprint density at radius 1 is 0.839 bits per heavy atom. The Balaban J connectivity index is 1.69. The van der Waals surface area contributed by atoms with Gasteiger partial charge in [0.05, 0.1) is 6.54 Å². The van der Waals surface area contributed by atoms with Crippen molar-refractivity contribution in [2.24, 2.45) is 0 Å². The summed E-state index contributed by atoms with van der Waals surface area (Å²) in [5.74, 6) is -1.63. The summed E-state index contributed by atoms with van der Waals surface area (Å²) < 4.78 is 57.8. The minimum atomic E-state index is -4.11. The van der Waals surface area contributed by atoms with Crippen LogP contribution in [0.1, 0.15) is 11.1 Å².